The summed E-state index contributed by atoms with van der Waals surface area (Å²) in [6.07, 6.45) is 1.68. The van der Waals surface area contributed by atoms with Gasteiger partial charge in [-0.15, -0.1) is 0 Å². The molecule has 0 bridgehead atoms. The number of rotatable bonds is 4. The summed E-state index contributed by atoms with van der Waals surface area (Å²) in [5.74, 6) is -1.22. The first-order chi connectivity index (χ1) is 8.61. The molecule has 1 aromatic carbocycles. The normalized spacial score (nSPS) is 10.8. The van der Waals surface area contributed by atoms with Crippen molar-refractivity contribution in [2.24, 2.45) is 0 Å². The van der Waals surface area contributed by atoms with Gasteiger partial charge < -0.3 is 9.30 Å². The molecule has 0 saturated carbocycles. The number of ether oxygens (including phenoxy) is 1. The van der Waals surface area contributed by atoms with Crippen LogP contribution in [0.5, 0.6) is 0 Å². The van der Waals surface area contributed by atoms with Gasteiger partial charge in [-0.25, -0.2) is 8.78 Å². The molecule has 1 aromatic heterocycles. The van der Waals surface area contributed by atoms with Crippen LogP contribution in [0.1, 0.15) is 0 Å². The monoisotopic (exact) mass is 270 g/mol. The highest BCUT2D eigenvalue weighted by molar-refractivity contribution is 7.12. The predicted molar refractivity (Wildman–Crippen MR) is 65.4 cm³/mol. The second-order valence-corrected chi connectivity index (χ2v) is 4.74. The summed E-state index contributed by atoms with van der Waals surface area (Å²) >= 11 is 1.15. The summed E-state index contributed by atoms with van der Waals surface area (Å²) in [6.45, 7) is 1.02. The first-order valence-electron chi connectivity index (χ1n) is 5.31. The van der Waals surface area contributed by atoms with Crippen molar-refractivity contribution in [2.75, 3.05) is 13.7 Å². The lowest BCUT2D eigenvalue weighted by molar-refractivity contribution is 0.186. The molecule has 3 nitrogen and oxygen atoms in total. The minimum atomic E-state index is -0.616. The number of nitrogens with zero attached hydrogens (tertiary/aromatic N) is 1. The minimum absolute atomic E-state index is 0.311. The number of benzene rings is 1. The minimum Gasteiger partial charge on any atom is -0.383 e. The maximum atomic E-state index is 13.6. The van der Waals surface area contributed by atoms with Gasteiger partial charge in [-0.05, 0) is 12.1 Å². The van der Waals surface area contributed by atoms with E-state index in [1.807, 2.05) is 0 Å². The molecule has 0 atom stereocenters. The Kier molecular flexibility index (Phi) is 3.88. The smallest absolute Gasteiger partial charge is 0.182 e. The van der Waals surface area contributed by atoms with E-state index in [4.69, 9.17) is 10.1 Å². The van der Waals surface area contributed by atoms with Crippen LogP contribution in [0.3, 0.4) is 0 Å². The molecule has 0 spiro atoms. The summed E-state index contributed by atoms with van der Waals surface area (Å²) in [5, 5.41) is 7.76. The van der Waals surface area contributed by atoms with Gasteiger partial charge in [0.25, 0.3) is 0 Å². The molecule has 0 radical (unpaired) electrons. The Morgan fingerprint density at radius 3 is 2.83 bits per heavy atom. The second kappa shape index (κ2) is 5.41. The summed E-state index contributed by atoms with van der Waals surface area (Å²) < 4.78 is 33.0. The zero-order valence-corrected chi connectivity index (χ0v) is 10.6. The molecule has 6 heteroatoms. The highest BCUT2D eigenvalue weighted by Gasteiger charge is 2.10. The van der Waals surface area contributed by atoms with E-state index in [1.54, 1.807) is 17.9 Å². The Hall–Kier alpha value is -1.53. The zero-order valence-electron chi connectivity index (χ0n) is 9.74. The summed E-state index contributed by atoms with van der Waals surface area (Å²) in [5.41, 5.74) is 0.311. The van der Waals surface area contributed by atoms with E-state index in [2.05, 4.69) is 0 Å². The molecule has 1 heterocycles. The number of halogens is 2. The van der Waals surface area contributed by atoms with Crippen LogP contribution in [0.15, 0.2) is 24.4 Å². The molecule has 18 heavy (non-hydrogen) atoms. The quantitative estimate of drug-likeness (QED) is 0.911. The summed E-state index contributed by atoms with van der Waals surface area (Å²) in [7, 11) is 1.58. The van der Waals surface area contributed by atoms with Crippen molar-refractivity contribution >= 4 is 11.3 Å². The van der Waals surface area contributed by atoms with Crippen molar-refractivity contribution in [2.45, 2.75) is 6.54 Å². The molecule has 0 saturated heterocycles. The Balaban J connectivity index is 2.36. The first kappa shape index (κ1) is 12.9. The molecule has 0 amide bonds. The average Bonchev–Trinajstić information content (AvgIpc) is 2.68. The van der Waals surface area contributed by atoms with Crippen molar-refractivity contribution in [3.63, 3.8) is 0 Å². The van der Waals surface area contributed by atoms with Crippen LogP contribution in [0.25, 0.3) is 10.4 Å². The zero-order chi connectivity index (χ0) is 13.1. The molecule has 0 fully saturated rings. The maximum Gasteiger partial charge on any atom is 0.182 e. The third-order valence-electron chi connectivity index (χ3n) is 2.47. The van der Waals surface area contributed by atoms with Gasteiger partial charge in [0.05, 0.1) is 11.5 Å². The van der Waals surface area contributed by atoms with Gasteiger partial charge in [0.15, 0.2) is 4.80 Å². The van der Waals surface area contributed by atoms with E-state index < -0.39 is 11.6 Å². The van der Waals surface area contributed by atoms with Gasteiger partial charge >= 0.3 is 0 Å². The van der Waals surface area contributed by atoms with Crippen molar-refractivity contribution in [1.29, 1.82) is 5.41 Å². The van der Waals surface area contributed by atoms with Crippen LogP contribution in [0.2, 0.25) is 0 Å². The van der Waals surface area contributed by atoms with Crippen molar-refractivity contribution in [3.8, 4) is 10.4 Å². The van der Waals surface area contributed by atoms with Crippen LogP contribution >= 0.6 is 11.3 Å². The van der Waals surface area contributed by atoms with E-state index in [0.29, 0.717) is 28.4 Å². The van der Waals surface area contributed by atoms with Crippen LogP contribution in [-0.4, -0.2) is 18.3 Å². The SMILES string of the molecule is COCCn1cc(-c2ccc(F)cc2F)sc1=N. The van der Waals surface area contributed by atoms with Crippen LogP contribution in [0, 0.1) is 17.0 Å². The van der Waals surface area contributed by atoms with E-state index >= 15 is 0 Å². The lowest BCUT2D eigenvalue weighted by Gasteiger charge is -2.01. The number of thiazole rings is 1. The van der Waals surface area contributed by atoms with Gasteiger partial charge in [-0.3, -0.25) is 5.41 Å². The van der Waals surface area contributed by atoms with Gasteiger partial charge in [-0.2, -0.15) is 0 Å². The molecule has 0 aliphatic rings. The molecule has 0 unspecified atom stereocenters. The van der Waals surface area contributed by atoms with Crippen LogP contribution < -0.4 is 4.80 Å². The third-order valence-corrected chi connectivity index (χ3v) is 3.45. The number of aromatic nitrogens is 1. The Labute approximate surface area is 107 Å². The highest BCUT2D eigenvalue weighted by atomic mass is 32.1. The standard InChI is InChI=1S/C12H12F2N2OS/c1-17-5-4-16-7-11(18-12(16)15)9-3-2-8(13)6-10(9)14/h2-3,6-7,15H,4-5H2,1H3. The molecule has 1 N–H and O–H groups in total. The molecular weight excluding hydrogens is 258 g/mol. The Morgan fingerprint density at radius 1 is 1.39 bits per heavy atom. The van der Waals surface area contributed by atoms with Gasteiger partial charge in [0, 0.05) is 31.5 Å². The fourth-order valence-electron chi connectivity index (χ4n) is 1.56. The maximum absolute atomic E-state index is 13.6. The molecule has 0 aliphatic carbocycles. The van der Waals surface area contributed by atoms with E-state index in [-0.39, 0.29) is 0 Å². The predicted octanol–water partition coefficient (Wildman–Crippen LogP) is 2.62. The van der Waals surface area contributed by atoms with Gasteiger partial charge in [0.1, 0.15) is 11.6 Å². The van der Waals surface area contributed by atoms with Crippen molar-refractivity contribution in [3.05, 3.63) is 40.8 Å². The first-order valence-corrected chi connectivity index (χ1v) is 6.12. The van der Waals surface area contributed by atoms with Crippen molar-refractivity contribution in [1.82, 2.24) is 4.57 Å². The number of hydrogen-bond acceptors (Lipinski definition) is 3. The van der Waals surface area contributed by atoms with Gasteiger partial charge in [-0.1, -0.05) is 11.3 Å². The molecule has 2 rings (SSSR count). The lowest BCUT2D eigenvalue weighted by atomic mass is 10.2. The third kappa shape index (κ3) is 2.65. The van der Waals surface area contributed by atoms with Crippen LogP contribution in [-0.2, 0) is 11.3 Å². The van der Waals surface area contributed by atoms with E-state index in [9.17, 15) is 8.78 Å². The molecular formula is C12H12F2N2OS. The summed E-state index contributed by atoms with van der Waals surface area (Å²) in [4.78, 5) is 0.916. The van der Waals surface area contributed by atoms with Crippen molar-refractivity contribution < 1.29 is 13.5 Å². The largest absolute Gasteiger partial charge is 0.383 e. The Bertz CT molecular complexity index is 606. The number of nitrogens with one attached hydrogen (secondary N) is 1. The van der Waals surface area contributed by atoms with E-state index in [1.165, 1.54) is 12.1 Å². The van der Waals surface area contributed by atoms with Crippen LogP contribution in [0.4, 0.5) is 8.78 Å². The average molecular weight is 270 g/mol. The highest BCUT2D eigenvalue weighted by Crippen LogP contribution is 2.25. The molecule has 2 aromatic rings. The number of hydrogen-bond donors (Lipinski definition) is 1. The summed E-state index contributed by atoms with van der Waals surface area (Å²) in [6, 6.07) is 3.44. The second-order valence-electron chi connectivity index (χ2n) is 3.71. The molecule has 0 aliphatic heterocycles. The topological polar surface area (TPSA) is 38.0 Å². The fraction of sp³-hybridized carbons (Fsp3) is 0.250. The van der Waals surface area contributed by atoms with Gasteiger partial charge in [0.2, 0.25) is 0 Å². The van der Waals surface area contributed by atoms with E-state index in [0.717, 1.165) is 17.4 Å². The number of methoxy groups -OCH3 is 1. The Morgan fingerprint density at radius 2 is 2.17 bits per heavy atom. The lowest BCUT2D eigenvalue weighted by Crippen LogP contribution is -2.14. The molecule has 96 valence electrons. The fourth-order valence-corrected chi connectivity index (χ4v) is 2.48.